The second-order valence-electron chi connectivity index (χ2n) is 7.00. The van der Waals surface area contributed by atoms with Gasteiger partial charge in [0, 0.05) is 18.1 Å². The minimum Gasteiger partial charge on any atom is -0.492 e. The summed E-state index contributed by atoms with van der Waals surface area (Å²) in [5, 5.41) is 2.82. The summed E-state index contributed by atoms with van der Waals surface area (Å²) < 4.78 is 18.9. The predicted molar refractivity (Wildman–Crippen MR) is 116 cm³/mol. The molecule has 2 aromatic carbocycles. The Morgan fingerprint density at radius 2 is 1.74 bits per heavy atom. The molecular weight excluding hydrogens is 394 g/mol. The second-order valence-corrected chi connectivity index (χ2v) is 7.00. The summed E-state index contributed by atoms with van der Waals surface area (Å²) in [6.45, 7) is 3.52. The number of nitrogens with one attached hydrogen (secondary N) is 1. The highest BCUT2D eigenvalue weighted by Crippen LogP contribution is 2.18. The van der Waals surface area contributed by atoms with Crippen molar-refractivity contribution in [3.63, 3.8) is 0 Å². The van der Waals surface area contributed by atoms with Crippen LogP contribution in [0.5, 0.6) is 11.5 Å². The Balaban J connectivity index is 1.25. The van der Waals surface area contributed by atoms with Gasteiger partial charge in [0.05, 0.1) is 12.9 Å². The topological polar surface area (TPSA) is 78.5 Å². The van der Waals surface area contributed by atoms with E-state index in [1.54, 1.807) is 36.8 Å². The predicted octanol–water partition coefficient (Wildman–Crippen LogP) is 4.69. The van der Waals surface area contributed by atoms with Crippen molar-refractivity contribution in [2.45, 2.75) is 20.1 Å². The normalized spacial score (nSPS) is 10.6. The summed E-state index contributed by atoms with van der Waals surface area (Å²) in [5.74, 6) is 1.96. The van der Waals surface area contributed by atoms with Crippen molar-refractivity contribution in [1.82, 2.24) is 9.55 Å². The molecule has 2 aromatic heterocycles. The van der Waals surface area contributed by atoms with E-state index in [1.165, 1.54) is 5.56 Å². The molecule has 4 rings (SSSR count). The van der Waals surface area contributed by atoms with Gasteiger partial charge >= 0.3 is 0 Å². The molecule has 0 bridgehead atoms. The first-order valence-electron chi connectivity index (χ1n) is 9.94. The van der Waals surface area contributed by atoms with E-state index in [4.69, 9.17) is 13.9 Å². The van der Waals surface area contributed by atoms with Crippen LogP contribution >= 0.6 is 0 Å². The van der Waals surface area contributed by atoms with Crippen molar-refractivity contribution < 1.29 is 18.7 Å². The zero-order chi connectivity index (χ0) is 21.5. The van der Waals surface area contributed by atoms with Gasteiger partial charge in [0.15, 0.2) is 5.76 Å². The smallest absolute Gasteiger partial charge is 0.291 e. The lowest BCUT2D eigenvalue weighted by Crippen LogP contribution is -2.11. The molecule has 0 atom stereocenters. The van der Waals surface area contributed by atoms with Crippen LogP contribution in [0.4, 0.5) is 5.69 Å². The number of furan rings is 1. The van der Waals surface area contributed by atoms with Crippen LogP contribution in [0, 0.1) is 6.92 Å². The molecule has 0 aliphatic heterocycles. The van der Waals surface area contributed by atoms with Crippen LogP contribution in [0.25, 0.3) is 0 Å². The average molecular weight is 417 g/mol. The number of hydrogen-bond acceptors (Lipinski definition) is 5. The Morgan fingerprint density at radius 1 is 1.00 bits per heavy atom. The molecule has 0 radical (unpaired) electrons. The number of hydrogen-bond donors (Lipinski definition) is 1. The van der Waals surface area contributed by atoms with Gasteiger partial charge in [-0.25, -0.2) is 4.98 Å². The highest BCUT2D eigenvalue weighted by Gasteiger charge is 2.12. The highest BCUT2D eigenvalue weighted by molar-refractivity contribution is 6.02. The van der Waals surface area contributed by atoms with E-state index in [0.29, 0.717) is 24.6 Å². The maximum absolute atomic E-state index is 12.4. The number of nitrogens with zero attached hydrogens (tertiary/aromatic N) is 2. The zero-order valence-corrected chi connectivity index (χ0v) is 17.2. The van der Waals surface area contributed by atoms with Crippen molar-refractivity contribution in [1.29, 1.82) is 0 Å². The fourth-order valence-electron chi connectivity index (χ4n) is 2.88. The summed E-state index contributed by atoms with van der Waals surface area (Å²) in [5.41, 5.74) is 1.82. The van der Waals surface area contributed by atoms with Gasteiger partial charge in [0.2, 0.25) is 0 Å². The molecule has 7 nitrogen and oxygen atoms in total. The van der Waals surface area contributed by atoms with Gasteiger partial charge < -0.3 is 23.8 Å². The Kier molecular flexibility index (Phi) is 6.32. The number of amides is 1. The molecule has 1 N–H and O–H groups in total. The average Bonchev–Trinajstić information content (AvgIpc) is 3.47. The maximum Gasteiger partial charge on any atom is 0.291 e. The van der Waals surface area contributed by atoms with Crippen LogP contribution in [-0.2, 0) is 13.2 Å². The van der Waals surface area contributed by atoms with E-state index in [9.17, 15) is 4.79 Å². The van der Waals surface area contributed by atoms with Crippen molar-refractivity contribution in [3.05, 3.63) is 96.5 Å². The molecule has 31 heavy (non-hydrogen) atoms. The quantitative estimate of drug-likeness (QED) is 0.427. The first-order chi connectivity index (χ1) is 15.2. The summed E-state index contributed by atoms with van der Waals surface area (Å²) >= 11 is 0. The van der Waals surface area contributed by atoms with Gasteiger partial charge in [-0.3, -0.25) is 4.79 Å². The van der Waals surface area contributed by atoms with E-state index in [2.05, 4.69) is 10.3 Å². The van der Waals surface area contributed by atoms with Crippen molar-refractivity contribution >= 4 is 11.6 Å². The molecule has 0 aliphatic carbocycles. The standard InChI is InChI=1S/C24H23N3O4/c1-18-2-6-21(7-3-18)30-16-22-10-11-23(31-22)24(28)26-19-4-8-20(9-5-19)29-15-14-27-13-12-25-17-27/h2-13,17H,14-16H2,1H3,(H,26,28). The lowest BCUT2D eigenvalue weighted by atomic mass is 10.2. The van der Waals surface area contributed by atoms with E-state index in [-0.39, 0.29) is 18.3 Å². The van der Waals surface area contributed by atoms with Crippen LogP contribution in [0.15, 0.2) is 83.8 Å². The van der Waals surface area contributed by atoms with Gasteiger partial charge in [-0.2, -0.15) is 0 Å². The third-order valence-corrected chi connectivity index (χ3v) is 4.58. The van der Waals surface area contributed by atoms with Crippen LogP contribution in [-0.4, -0.2) is 22.1 Å². The number of carbonyl (C=O) groups excluding carboxylic acids is 1. The lowest BCUT2D eigenvalue weighted by molar-refractivity contribution is 0.0992. The fraction of sp³-hybridized carbons (Fsp3) is 0.167. The number of imidazole rings is 1. The molecule has 0 spiro atoms. The van der Waals surface area contributed by atoms with Crippen molar-refractivity contribution in [2.75, 3.05) is 11.9 Å². The number of ether oxygens (including phenoxy) is 2. The molecule has 0 aliphatic rings. The Hall–Kier alpha value is -4.00. The number of aromatic nitrogens is 2. The van der Waals surface area contributed by atoms with Crippen molar-refractivity contribution in [2.24, 2.45) is 0 Å². The van der Waals surface area contributed by atoms with E-state index < -0.39 is 0 Å². The number of aryl methyl sites for hydroxylation is 1. The largest absolute Gasteiger partial charge is 0.492 e. The van der Waals surface area contributed by atoms with Gasteiger partial charge in [0.1, 0.15) is 30.5 Å². The monoisotopic (exact) mass is 417 g/mol. The molecule has 0 saturated carbocycles. The fourth-order valence-corrected chi connectivity index (χ4v) is 2.88. The molecular formula is C24H23N3O4. The Bertz CT molecular complexity index is 1100. The first-order valence-corrected chi connectivity index (χ1v) is 9.94. The minimum absolute atomic E-state index is 0.225. The molecule has 4 aromatic rings. The molecule has 1 amide bonds. The Labute approximate surface area is 180 Å². The SMILES string of the molecule is Cc1ccc(OCc2ccc(C(=O)Nc3ccc(OCCn4ccnc4)cc3)o2)cc1. The molecule has 158 valence electrons. The number of rotatable bonds is 9. The first kappa shape index (κ1) is 20.3. The summed E-state index contributed by atoms with van der Waals surface area (Å²) in [4.78, 5) is 16.4. The number of carbonyl (C=O) groups is 1. The van der Waals surface area contributed by atoms with E-state index >= 15 is 0 Å². The molecule has 0 unspecified atom stereocenters. The van der Waals surface area contributed by atoms with E-state index in [1.807, 2.05) is 54.1 Å². The molecule has 7 heteroatoms. The van der Waals surface area contributed by atoms with Crippen LogP contribution in [0.3, 0.4) is 0 Å². The van der Waals surface area contributed by atoms with Gasteiger partial charge in [-0.1, -0.05) is 17.7 Å². The van der Waals surface area contributed by atoms with Crippen LogP contribution in [0.2, 0.25) is 0 Å². The molecule has 0 fully saturated rings. The lowest BCUT2D eigenvalue weighted by Gasteiger charge is -2.08. The van der Waals surface area contributed by atoms with Gasteiger partial charge in [-0.05, 0) is 55.5 Å². The molecule has 0 saturated heterocycles. The number of anilines is 1. The molecule has 2 heterocycles. The van der Waals surface area contributed by atoms with Crippen molar-refractivity contribution in [3.8, 4) is 11.5 Å². The summed E-state index contributed by atoms with van der Waals surface area (Å²) in [6, 6.07) is 18.3. The summed E-state index contributed by atoms with van der Waals surface area (Å²) in [6.07, 6.45) is 5.36. The Morgan fingerprint density at radius 3 is 2.48 bits per heavy atom. The third-order valence-electron chi connectivity index (χ3n) is 4.58. The van der Waals surface area contributed by atoms with Crippen LogP contribution < -0.4 is 14.8 Å². The maximum atomic E-state index is 12.4. The minimum atomic E-state index is -0.324. The van der Waals surface area contributed by atoms with E-state index in [0.717, 1.165) is 11.5 Å². The van der Waals surface area contributed by atoms with Crippen LogP contribution in [0.1, 0.15) is 21.9 Å². The van der Waals surface area contributed by atoms with Gasteiger partial charge in [-0.15, -0.1) is 0 Å². The highest BCUT2D eigenvalue weighted by atomic mass is 16.5. The second kappa shape index (κ2) is 9.67. The van der Waals surface area contributed by atoms with Gasteiger partial charge in [0.25, 0.3) is 5.91 Å². The number of benzene rings is 2. The zero-order valence-electron chi connectivity index (χ0n) is 17.2. The summed E-state index contributed by atoms with van der Waals surface area (Å²) in [7, 11) is 0. The third kappa shape index (κ3) is 5.76.